The zero-order valence-electron chi connectivity index (χ0n) is 21.1. The van der Waals surface area contributed by atoms with Crippen LogP contribution in [0.5, 0.6) is 0 Å². The first-order valence-corrected chi connectivity index (χ1v) is 12.9. The highest BCUT2D eigenvalue weighted by Gasteiger charge is 2.28. The number of aromatic nitrogens is 4. The van der Waals surface area contributed by atoms with Crippen molar-refractivity contribution < 1.29 is 4.79 Å². The lowest BCUT2D eigenvalue weighted by molar-refractivity contribution is 0.0754. The van der Waals surface area contributed by atoms with Crippen LogP contribution in [0.25, 0.3) is 22.3 Å². The lowest BCUT2D eigenvalue weighted by atomic mass is 10.00. The molecule has 0 saturated heterocycles. The standard InChI is InChI=1S/C29H29N5OS/c1-18(2)34-28-24(17-31-34)23(16-26(32-28)22-15-19(3)36-20(22)4)29(35)33(5)27(21-11-7-6-8-12-21)25-13-9-10-14-30-25/h6-18,27H,1-5H3. The number of carbonyl (C=O) groups excluding carboxylic acids is 1. The summed E-state index contributed by atoms with van der Waals surface area (Å²) in [6.07, 6.45) is 3.53. The number of benzene rings is 1. The fourth-order valence-corrected chi connectivity index (χ4v) is 5.60. The molecule has 7 heteroatoms. The molecule has 0 spiro atoms. The van der Waals surface area contributed by atoms with Crippen molar-refractivity contribution in [1.82, 2.24) is 24.6 Å². The van der Waals surface area contributed by atoms with Crippen LogP contribution in [0.15, 0.2) is 73.1 Å². The molecule has 182 valence electrons. The number of hydrogen-bond acceptors (Lipinski definition) is 5. The molecule has 4 heterocycles. The molecule has 1 amide bonds. The van der Waals surface area contributed by atoms with Gasteiger partial charge in [0.05, 0.1) is 34.6 Å². The zero-order valence-corrected chi connectivity index (χ0v) is 22.0. The third kappa shape index (κ3) is 4.31. The smallest absolute Gasteiger partial charge is 0.255 e. The van der Waals surface area contributed by atoms with Gasteiger partial charge >= 0.3 is 0 Å². The monoisotopic (exact) mass is 495 g/mol. The summed E-state index contributed by atoms with van der Waals surface area (Å²) in [5.41, 5.74) is 4.96. The van der Waals surface area contributed by atoms with E-state index in [0.717, 1.165) is 33.5 Å². The number of aryl methyl sites for hydroxylation is 2. The van der Waals surface area contributed by atoms with E-state index in [-0.39, 0.29) is 18.0 Å². The van der Waals surface area contributed by atoms with Crippen molar-refractivity contribution in [1.29, 1.82) is 0 Å². The van der Waals surface area contributed by atoms with Crippen molar-refractivity contribution in [2.24, 2.45) is 0 Å². The molecule has 36 heavy (non-hydrogen) atoms. The zero-order chi connectivity index (χ0) is 25.4. The van der Waals surface area contributed by atoms with Gasteiger partial charge in [0.25, 0.3) is 5.91 Å². The van der Waals surface area contributed by atoms with Gasteiger partial charge in [-0.3, -0.25) is 9.78 Å². The maximum atomic E-state index is 14.2. The number of amides is 1. The van der Waals surface area contributed by atoms with Crippen LogP contribution >= 0.6 is 11.3 Å². The molecule has 1 unspecified atom stereocenters. The quantitative estimate of drug-likeness (QED) is 0.266. The molecule has 1 aromatic carbocycles. The fraction of sp³-hybridized carbons (Fsp3) is 0.241. The van der Waals surface area contributed by atoms with Gasteiger partial charge in [0.1, 0.15) is 0 Å². The summed E-state index contributed by atoms with van der Waals surface area (Å²) in [5.74, 6) is -0.101. The van der Waals surface area contributed by atoms with Crippen LogP contribution in [0.3, 0.4) is 0 Å². The number of carbonyl (C=O) groups is 1. The van der Waals surface area contributed by atoms with Gasteiger partial charge in [0.2, 0.25) is 0 Å². The molecule has 0 N–H and O–H groups in total. The molecule has 5 aromatic rings. The summed E-state index contributed by atoms with van der Waals surface area (Å²) < 4.78 is 1.89. The Morgan fingerprint density at radius 3 is 2.42 bits per heavy atom. The summed E-state index contributed by atoms with van der Waals surface area (Å²) in [6, 6.07) is 19.7. The first-order valence-electron chi connectivity index (χ1n) is 12.0. The second-order valence-corrected chi connectivity index (χ2v) is 10.7. The molecule has 0 saturated carbocycles. The van der Waals surface area contributed by atoms with E-state index < -0.39 is 0 Å². The van der Waals surface area contributed by atoms with Gasteiger partial charge in [0.15, 0.2) is 5.65 Å². The van der Waals surface area contributed by atoms with Gasteiger partial charge in [-0.1, -0.05) is 36.4 Å². The lowest BCUT2D eigenvalue weighted by Crippen LogP contribution is -2.32. The van der Waals surface area contributed by atoms with Crippen LogP contribution in [0, 0.1) is 13.8 Å². The Bertz CT molecular complexity index is 1480. The van der Waals surface area contributed by atoms with Crippen molar-refractivity contribution in [2.75, 3.05) is 7.05 Å². The summed E-state index contributed by atoms with van der Waals surface area (Å²) in [4.78, 5) is 28.0. The van der Waals surface area contributed by atoms with Gasteiger partial charge in [-0.2, -0.15) is 5.10 Å². The van der Waals surface area contributed by atoms with Crippen molar-refractivity contribution in [2.45, 2.75) is 39.8 Å². The topological polar surface area (TPSA) is 63.9 Å². The van der Waals surface area contributed by atoms with E-state index in [1.165, 1.54) is 9.75 Å². The van der Waals surface area contributed by atoms with Gasteiger partial charge < -0.3 is 4.90 Å². The number of nitrogens with zero attached hydrogens (tertiary/aromatic N) is 5. The normalized spacial score (nSPS) is 12.3. The molecular weight excluding hydrogens is 466 g/mol. The first-order chi connectivity index (χ1) is 17.3. The largest absolute Gasteiger partial charge is 0.329 e. The molecule has 0 aliphatic carbocycles. The SMILES string of the molecule is Cc1cc(-c2cc(C(=O)N(C)C(c3ccccc3)c3ccccn3)c3cnn(C(C)C)c3n2)c(C)s1. The minimum absolute atomic E-state index is 0.101. The molecule has 0 radical (unpaired) electrons. The van der Waals surface area contributed by atoms with Crippen LogP contribution in [0.4, 0.5) is 0 Å². The number of hydrogen-bond donors (Lipinski definition) is 0. The highest BCUT2D eigenvalue weighted by atomic mass is 32.1. The Hall–Kier alpha value is -3.84. The maximum absolute atomic E-state index is 14.2. The number of thiophene rings is 1. The van der Waals surface area contributed by atoms with Crippen molar-refractivity contribution in [3.8, 4) is 11.3 Å². The van der Waals surface area contributed by atoms with E-state index in [1.807, 2.05) is 66.3 Å². The van der Waals surface area contributed by atoms with Gasteiger partial charge in [-0.25, -0.2) is 9.67 Å². The number of rotatable bonds is 6. The summed E-state index contributed by atoms with van der Waals surface area (Å²) in [5, 5.41) is 5.35. The van der Waals surface area contributed by atoms with Crippen LogP contribution in [-0.4, -0.2) is 37.6 Å². The van der Waals surface area contributed by atoms with E-state index in [2.05, 4.69) is 43.8 Å². The molecule has 0 bridgehead atoms. The Kier molecular flexibility index (Phi) is 6.41. The minimum atomic E-state index is -0.336. The van der Waals surface area contributed by atoms with Crippen molar-refractivity contribution in [3.63, 3.8) is 0 Å². The minimum Gasteiger partial charge on any atom is -0.329 e. The van der Waals surface area contributed by atoms with E-state index >= 15 is 0 Å². The second-order valence-electron chi connectivity index (χ2n) is 9.29. The predicted molar refractivity (Wildman–Crippen MR) is 145 cm³/mol. The first kappa shape index (κ1) is 23.9. The Morgan fingerprint density at radius 2 is 1.78 bits per heavy atom. The second kappa shape index (κ2) is 9.66. The molecule has 6 nitrogen and oxygen atoms in total. The van der Waals surface area contributed by atoms with Crippen LogP contribution < -0.4 is 0 Å². The molecule has 5 rings (SSSR count). The highest BCUT2D eigenvalue weighted by molar-refractivity contribution is 7.12. The third-order valence-electron chi connectivity index (χ3n) is 6.39. The van der Waals surface area contributed by atoms with E-state index in [0.29, 0.717) is 5.56 Å². The van der Waals surface area contributed by atoms with Gasteiger partial charge in [-0.15, -0.1) is 11.3 Å². The fourth-order valence-electron chi connectivity index (χ4n) is 4.67. The van der Waals surface area contributed by atoms with Gasteiger partial charge in [0, 0.05) is 34.6 Å². The average Bonchev–Trinajstić information content (AvgIpc) is 3.46. The molecule has 4 aromatic heterocycles. The predicted octanol–water partition coefficient (Wildman–Crippen LogP) is 6.61. The maximum Gasteiger partial charge on any atom is 0.255 e. The van der Waals surface area contributed by atoms with Crippen molar-refractivity contribution >= 4 is 28.3 Å². The summed E-state index contributed by atoms with van der Waals surface area (Å²) in [6.45, 7) is 8.33. The van der Waals surface area contributed by atoms with Crippen LogP contribution in [0.2, 0.25) is 0 Å². The average molecular weight is 496 g/mol. The number of pyridine rings is 2. The Morgan fingerprint density at radius 1 is 1.03 bits per heavy atom. The van der Waals surface area contributed by atoms with Crippen LogP contribution in [-0.2, 0) is 0 Å². The lowest BCUT2D eigenvalue weighted by Gasteiger charge is -2.28. The molecule has 0 aliphatic heterocycles. The third-order valence-corrected chi connectivity index (χ3v) is 7.36. The van der Waals surface area contributed by atoms with E-state index in [1.54, 1.807) is 28.6 Å². The Balaban J connectivity index is 1.68. The highest BCUT2D eigenvalue weighted by Crippen LogP contribution is 2.34. The summed E-state index contributed by atoms with van der Waals surface area (Å²) in [7, 11) is 1.84. The van der Waals surface area contributed by atoms with Gasteiger partial charge in [-0.05, 0) is 57.5 Å². The Labute approximate surface area is 215 Å². The molecule has 1 atom stereocenters. The number of fused-ring (bicyclic) bond motifs is 1. The van der Waals surface area contributed by atoms with E-state index in [4.69, 9.17) is 4.98 Å². The molecule has 0 aliphatic rings. The molecular formula is C29H29N5OS. The van der Waals surface area contributed by atoms with Crippen molar-refractivity contribution in [3.05, 3.63) is 99.6 Å². The van der Waals surface area contributed by atoms with Crippen LogP contribution in [0.1, 0.15) is 57.3 Å². The summed E-state index contributed by atoms with van der Waals surface area (Å²) >= 11 is 1.74. The van der Waals surface area contributed by atoms with E-state index in [9.17, 15) is 4.79 Å². The molecule has 0 fully saturated rings.